The monoisotopic (exact) mass is 533 g/mol. The number of aromatic nitrogens is 4. The summed E-state index contributed by atoms with van der Waals surface area (Å²) in [6, 6.07) is 25.3. The Morgan fingerprint density at radius 3 is 2.44 bits per heavy atom. The van der Waals surface area contributed by atoms with Crippen LogP contribution in [0.5, 0.6) is 0 Å². The Labute approximate surface area is 228 Å². The number of nitriles is 1. The van der Waals surface area contributed by atoms with Crippen molar-refractivity contribution in [1.29, 1.82) is 5.26 Å². The normalized spacial score (nSPS) is 12.4. The summed E-state index contributed by atoms with van der Waals surface area (Å²) in [7, 11) is -1.50. The zero-order valence-corrected chi connectivity index (χ0v) is 22.9. The molecule has 0 aliphatic heterocycles. The molecule has 0 unspecified atom stereocenters. The second kappa shape index (κ2) is 9.93. The van der Waals surface area contributed by atoms with Crippen LogP contribution >= 0.6 is 0 Å². The minimum Gasteiger partial charge on any atom is -0.256 e. The van der Waals surface area contributed by atoms with Crippen LogP contribution in [0.25, 0.3) is 33.7 Å². The van der Waals surface area contributed by atoms with Crippen LogP contribution in [0.4, 0.5) is 0 Å². The summed E-state index contributed by atoms with van der Waals surface area (Å²) in [5.74, 6) is 0.650. The molecule has 7 nitrogen and oxygen atoms in total. The number of nitrogens with zero attached hydrogens (tertiary/aromatic N) is 5. The van der Waals surface area contributed by atoms with Gasteiger partial charge in [-0.25, -0.2) is 18.1 Å². The lowest BCUT2D eigenvalue weighted by Crippen LogP contribution is -2.14. The fourth-order valence-electron chi connectivity index (χ4n) is 4.50. The molecule has 8 heteroatoms. The number of pyridine rings is 1. The smallest absolute Gasteiger partial charge is 0.175 e. The van der Waals surface area contributed by atoms with E-state index in [0.717, 1.165) is 44.3 Å². The maximum absolute atomic E-state index is 12.0. The fourth-order valence-corrected chi connectivity index (χ4v) is 5.13. The molecule has 0 fully saturated rings. The van der Waals surface area contributed by atoms with E-state index in [1.54, 1.807) is 35.1 Å². The summed E-state index contributed by atoms with van der Waals surface area (Å²) in [4.78, 5) is 9.36. The molecule has 5 aromatic rings. The van der Waals surface area contributed by atoms with Crippen LogP contribution < -0.4 is 0 Å². The molecular formula is C31H27N5O2S. The highest BCUT2D eigenvalue weighted by Crippen LogP contribution is 2.35. The molecule has 5 rings (SSSR count). The summed E-state index contributed by atoms with van der Waals surface area (Å²) < 4.78 is 25.7. The molecule has 0 aliphatic carbocycles. The Hall–Kier alpha value is -4.61. The van der Waals surface area contributed by atoms with Crippen molar-refractivity contribution >= 4 is 32.4 Å². The van der Waals surface area contributed by atoms with E-state index in [1.807, 2.05) is 63.4 Å². The molecule has 0 radical (unpaired) electrons. The number of hydrogen-bond donors (Lipinski definition) is 0. The number of hydrogen-bond acceptors (Lipinski definition) is 6. The van der Waals surface area contributed by atoms with Gasteiger partial charge in [-0.15, -0.1) is 0 Å². The number of benzene rings is 3. The Balaban J connectivity index is 1.67. The van der Waals surface area contributed by atoms with Crippen molar-refractivity contribution < 1.29 is 8.42 Å². The second-order valence-electron chi connectivity index (χ2n) is 10.0. The van der Waals surface area contributed by atoms with Gasteiger partial charge in [0.15, 0.2) is 15.7 Å². The van der Waals surface area contributed by atoms with Gasteiger partial charge in [-0.2, -0.15) is 10.4 Å². The Morgan fingerprint density at radius 2 is 1.77 bits per heavy atom. The molecule has 194 valence electrons. The summed E-state index contributed by atoms with van der Waals surface area (Å²) >= 11 is 0. The van der Waals surface area contributed by atoms with Crippen molar-refractivity contribution in [3.8, 4) is 17.2 Å². The van der Waals surface area contributed by atoms with E-state index >= 15 is 0 Å². The number of aryl methyl sites for hydroxylation is 1. The lowest BCUT2D eigenvalue weighted by Gasteiger charge is -2.19. The number of fused-ring (bicyclic) bond motifs is 1. The molecule has 0 bridgehead atoms. The van der Waals surface area contributed by atoms with E-state index in [0.29, 0.717) is 5.82 Å². The van der Waals surface area contributed by atoms with Gasteiger partial charge in [0.2, 0.25) is 0 Å². The SMILES string of the molecule is Cn1ncnc1/C(=C\c1cccc(-c2cc(C(C)(C)C#N)cc3cccnc23)c1)c1ccc(S(C)(=O)=O)cc1. The summed E-state index contributed by atoms with van der Waals surface area (Å²) in [5.41, 5.74) is 5.57. The van der Waals surface area contributed by atoms with Crippen LogP contribution in [0.2, 0.25) is 0 Å². The van der Waals surface area contributed by atoms with Gasteiger partial charge >= 0.3 is 0 Å². The van der Waals surface area contributed by atoms with Crippen LogP contribution in [-0.4, -0.2) is 34.4 Å². The van der Waals surface area contributed by atoms with E-state index in [4.69, 9.17) is 0 Å². The van der Waals surface area contributed by atoms with Crippen molar-refractivity contribution in [1.82, 2.24) is 19.7 Å². The topological polar surface area (TPSA) is 102 Å². The van der Waals surface area contributed by atoms with Crippen LogP contribution in [0.3, 0.4) is 0 Å². The van der Waals surface area contributed by atoms with Crippen molar-refractivity contribution in [3.05, 3.63) is 108 Å². The van der Waals surface area contributed by atoms with E-state index in [2.05, 4.69) is 33.3 Å². The van der Waals surface area contributed by atoms with Crippen molar-refractivity contribution in [2.75, 3.05) is 6.26 Å². The van der Waals surface area contributed by atoms with Crippen molar-refractivity contribution in [2.24, 2.45) is 7.05 Å². The Kier molecular flexibility index (Phi) is 6.62. The summed E-state index contributed by atoms with van der Waals surface area (Å²) in [6.07, 6.45) is 6.47. The first-order chi connectivity index (χ1) is 18.6. The highest BCUT2D eigenvalue weighted by atomic mass is 32.2. The molecule has 0 atom stereocenters. The van der Waals surface area contributed by atoms with Gasteiger partial charge in [0, 0.05) is 36.0 Å². The summed E-state index contributed by atoms with van der Waals surface area (Å²) in [6.45, 7) is 3.82. The average Bonchev–Trinajstić information content (AvgIpc) is 3.36. The van der Waals surface area contributed by atoms with Gasteiger partial charge in [0.25, 0.3) is 0 Å². The van der Waals surface area contributed by atoms with Gasteiger partial charge in [0.05, 0.1) is 21.9 Å². The second-order valence-corrected chi connectivity index (χ2v) is 12.0. The van der Waals surface area contributed by atoms with Gasteiger partial charge < -0.3 is 0 Å². The van der Waals surface area contributed by atoms with E-state index in [-0.39, 0.29) is 4.90 Å². The Bertz CT molecular complexity index is 1880. The first-order valence-electron chi connectivity index (χ1n) is 12.3. The summed E-state index contributed by atoms with van der Waals surface area (Å²) in [5, 5.41) is 15.0. The number of sulfone groups is 1. The zero-order chi connectivity index (χ0) is 27.8. The van der Waals surface area contributed by atoms with Gasteiger partial charge in [-0.3, -0.25) is 4.98 Å². The average molecular weight is 534 g/mol. The van der Waals surface area contributed by atoms with Crippen LogP contribution in [0.1, 0.15) is 36.4 Å². The molecule has 2 heterocycles. The van der Waals surface area contributed by atoms with Gasteiger partial charge in [-0.1, -0.05) is 36.4 Å². The lowest BCUT2D eigenvalue weighted by atomic mass is 9.83. The van der Waals surface area contributed by atoms with E-state index in [9.17, 15) is 13.7 Å². The molecule has 0 saturated heterocycles. The molecule has 0 amide bonds. The highest BCUT2D eigenvalue weighted by Gasteiger charge is 2.22. The van der Waals surface area contributed by atoms with Crippen molar-refractivity contribution in [2.45, 2.75) is 24.2 Å². The largest absolute Gasteiger partial charge is 0.256 e. The maximum Gasteiger partial charge on any atom is 0.175 e. The van der Waals surface area contributed by atoms with Gasteiger partial charge in [0.1, 0.15) is 6.33 Å². The van der Waals surface area contributed by atoms with Gasteiger partial charge in [-0.05, 0) is 78.6 Å². The molecular weight excluding hydrogens is 506 g/mol. The Morgan fingerprint density at radius 1 is 1.00 bits per heavy atom. The third kappa shape index (κ3) is 5.22. The molecule has 0 saturated carbocycles. The predicted octanol–water partition coefficient (Wildman–Crippen LogP) is 5.82. The number of rotatable bonds is 6. The first kappa shape index (κ1) is 26.0. The minimum atomic E-state index is -3.32. The maximum atomic E-state index is 12.0. The molecule has 0 N–H and O–H groups in total. The molecule has 3 aromatic carbocycles. The quantitative estimate of drug-likeness (QED) is 0.255. The molecule has 0 aliphatic rings. The standard InChI is InChI=1S/C31H27N5O2S/c1-31(2,19-32)25-17-24-9-6-14-33-29(24)27(18-25)23-8-5-7-21(15-23)16-28(30-34-20-35-36(30)3)22-10-12-26(13-11-22)39(4,37)38/h5-18,20H,1-4H3/b28-16-. The van der Waals surface area contributed by atoms with E-state index in [1.165, 1.54) is 12.6 Å². The molecule has 39 heavy (non-hydrogen) atoms. The molecule has 0 spiro atoms. The van der Waals surface area contributed by atoms with Crippen LogP contribution in [0.15, 0.2) is 90.2 Å². The highest BCUT2D eigenvalue weighted by molar-refractivity contribution is 7.90. The third-order valence-corrected chi connectivity index (χ3v) is 7.89. The van der Waals surface area contributed by atoms with E-state index < -0.39 is 15.3 Å². The zero-order valence-electron chi connectivity index (χ0n) is 22.1. The lowest BCUT2D eigenvalue weighted by molar-refractivity contribution is 0.602. The predicted molar refractivity (Wildman–Crippen MR) is 153 cm³/mol. The molecule has 2 aromatic heterocycles. The minimum absolute atomic E-state index is 0.255. The van der Waals surface area contributed by atoms with Crippen LogP contribution in [0, 0.1) is 11.3 Å². The van der Waals surface area contributed by atoms with Crippen molar-refractivity contribution in [3.63, 3.8) is 0 Å². The van der Waals surface area contributed by atoms with Crippen LogP contribution in [-0.2, 0) is 22.3 Å². The third-order valence-electron chi connectivity index (χ3n) is 6.76. The fraction of sp³-hybridized carbons (Fsp3) is 0.161. The first-order valence-corrected chi connectivity index (χ1v) is 14.2.